The molecule has 1 aliphatic heterocycles. The molecule has 1 heterocycles. The van der Waals surface area contributed by atoms with Crippen molar-refractivity contribution in [3.63, 3.8) is 0 Å². The topological polar surface area (TPSA) is 46.6 Å². The van der Waals surface area contributed by atoms with Gasteiger partial charge >= 0.3 is 0 Å². The first-order valence-electron chi connectivity index (χ1n) is 7.46. The number of carbonyl (C=O) groups excluding carboxylic acids is 2. The Labute approximate surface area is 126 Å². The monoisotopic (exact) mass is 289 g/mol. The SMILES string of the molecule is COC1C(C)CC(=O)N1c1ccc(CCCC(C)=O)cc1. The van der Waals surface area contributed by atoms with E-state index in [9.17, 15) is 9.59 Å². The molecule has 0 spiro atoms. The predicted molar refractivity (Wildman–Crippen MR) is 82.1 cm³/mol. The predicted octanol–water partition coefficient (Wildman–Crippen LogP) is 2.94. The molecule has 21 heavy (non-hydrogen) atoms. The highest BCUT2D eigenvalue weighted by Gasteiger charge is 2.38. The van der Waals surface area contributed by atoms with Crippen LogP contribution in [-0.4, -0.2) is 25.0 Å². The minimum Gasteiger partial charge on any atom is -0.361 e. The quantitative estimate of drug-likeness (QED) is 0.809. The third-order valence-corrected chi connectivity index (χ3v) is 3.96. The summed E-state index contributed by atoms with van der Waals surface area (Å²) in [7, 11) is 1.64. The van der Waals surface area contributed by atoms with Crippen molar-refractivity contribution in [2.45, 2.75) is 45.8 Å². The summed E-state index contributed by atoms with van der Waals surface area (Å²) in [5, 5.41) is 0. The van der Waals surface area contributed by atoms with Gasteiger partial charge in [-0.3, -0.25) is 9.69 Å². The lowest BCUT2D eigenvalue weighted by molar-refractivity contribution is -0.118. The molecule has 1 aromatic carbocycles. The van der Waals surface area contributed by atoms with E-state index in [1.54, 1.807) is 18.9 Å². The largest absolute Gasteiger partial charge is 0.361 e. The molecular formula is C17H23NO3. The van der Waals surface area contributed by atoms with E-state index in [1.807, 2.05) is 31.2 Å². The summed E-state index contributed by atoms with van der Waals surface area (Å²) in [4.78, 5) is 24.8. The number of nitrogens with zero attached hydrogens (tertiary/aromatic N) is 1. The van der Waals surface area contributed by atoms with Gasteiger partial charge in [0.1, 0.15) is 12.0 Å². The highest BCUT2D eigenvalue weighted by molar-refractivity contribution is 5.96. The number of anilines is 1. The van der Waals surface area contributed by atoms with Crippen LogP contribution in [-0.2, 0) is 20.7 Å². The van der Waals surface area contributed by atoms with E-state index >= 15 is 0 Å². The number of ketones is 1. The molecule has 1 aromatic rings. The lowest BCUT2D eigenvalue weighted by atomic mass is 10.1. The van der Waals surface area contributed by atoms with Crippen molar-refractivity contribution < 1.29 is 14.3 Å². The van der Waals surface area contributed by atoms with Gasteiger partial charge in [0.05, 0.1) is 0 Å². The summed E-state index contributed by atoms with van der Waals surface area (Å²) in [5.41, 5.74) is 2.07. The van der Waals surface area contributed by atoms with Gasteiger partial charge in [-0.25, -0.2) is 0 Å². The number of aryl methyl sites for hydroxylation is 1. The molecular weight excluding hydrogens is 266 g/mol. The Morgan fingerprint density at radius 2 is 2.00 bits per heavy atom. The fourth-order valence-corrected chi connectivity index (χ4v) is 2.86. The van der Waals surface area contributed by atoms with Gasteiger partial charge in [-0.15, -0.1) is 0 Å². The average molecular weight is 289 g/mol. The molecule has 0 bridgehead atoms. The number of rotatable bonds is 6. The van der Waals surface area contributed by atoms with E-state index in [0.29, 0.717) is 12.8 Å². The van der Waals surface area contributed by atoms with Crippen molar-refractivity contribution in [1.82, 2.24) is 0 Å². The minimum absolute atomic E-state index is 0.110. The standard InChI is InChI=1S/C17H23NO3/c1-12-11-16(20)18(17(12)21-3)15-9-7-14(8-10-15)6-4-5-13(2)19/h7-10,12,17H,4-6,11H2,1-3H3. The molecule has 0 aliphatic carbocycles. The Morgan fingerprint density at radius 3 is 2.57 bits per heavy atom. The molecule has 1 fully saturated rings. The van der Waals surface area contributed by atoms with E-state index in [0.717, 1.165) is 18.5 Å². The zero-order valence-corrected chi connectivity index (χ0v) is 13.0. The Kier molecular flexibility index (Phi) is 5.12. The molecule has 114 valence electrons. The smallest absolute Gasteiger partial charge is 0.229 e. The highest BCUT2D eigenvalue weighted by atomic mass is 16.5. The van der Waals surface area contributed by atoms with Crippen LogP contribution in [0.2, 0.25) is 0 Å². The Balaban J connectivity index is 2.04. The second-order valence-corrected chi connectivity index (χ2v) is 5.79. The first-order valence-corrected chi connectivity index (χ1v) is 7.46. The summed E-state index contributed by atoms with van der Waals surface area (Å²) in [6.07, 6.45) is 2.72. The van der Waals surface area contributed by atoms with Crippen LogP contribution in [0.4, 0.5) is 5.69 Å². The maximum Gasteiger partial charge on any atom is 0.229 e. The number of hydrogen-bond donors (Lipinski definition) is 0. The van der Waals surface area contributed by atoms with Crippen LogP contribution in [0.5, 0.6) is 0 Å². The van der Waals surface area contributed by atoms with E-state index < -0.39 is 0 Å². The third-order valence-electron chi connectivity index (χ3n) is 3.96. The summed E-state index contributed by atoms with van der Waals surface area (Å²) in [6.45, 7) is 3.65. The van der Waals surface area contributed by atoms with E-state index in [-0.39, 0.29) is 23.8 Å². The molecule has 2 atom stereocenters. The number of methoxy groups -OCH3 is 1. The first kappa shape index (κ1) is 15.7. The molecule has 1 amide bonds. The number of amides is 1. The van der Waals surface area contributed by atoms with Crippen molar-refractivity contribution >= 4 is 17.4 Å². The van der Waals surface area contributed by atoms with Gasteiger partial charge in [-0.2, -0.15) is 0 Å². The molecule has 0 N–H and O–H groups in total. The zero-order chi connectivity index (χ0) is 15.4. The fraction of sp³-hybridized carbons (Fsp3) is 0.529. The third kappa shape index (κ3) is 3.70. The van der Waals surface area contributed by atoms with Gasteiger partial charge < -0.3 is 9.53 Å². The van der Waals surface area contributed by atoms with E-state index in [2.05, 4.69) is 0 Å². The van der Waals surface area contributed by atoms with Crippen LogP contribution in [0.3, 0.4) is 0 Å². The van der Waals surface area contributed by atoms with Crippen LogP contribution >= 0.6 is 0 Å². The van der Waals surface area contributed by atoms with Crippen molar-refractivity contribution in [2.75, 3.05) is 12.0 Å². The molecule has 2 rings (SSSR count). The Hall–Kier alpha value is -1.68. The molecule has 4 nitrogen and oxygen atoms in total. The van der Waals surface area contributed by atoms with Crippen LogP contribution in [0.1, 0.15) is 38.7 Å². The second kappa shape index (κ2) is 6.85. The van der Waals surface area contributed by atoms with Crippen LogP contribution < -0.4 is 4.90 Å². The summed E-state index contributed by atoms with van der Waals surface area (Å²) >= 11 is 0. The minimum atomic E-state index is -0.180. The van der Waals surface area contributed by atoms with Crippen LogP contribution in [0.15, 0.2) is 24.3 Å². The molecule has 0 radical (unpaired) electrons. The van der Waals surface area contributed by atoms with Gasteiger partial charge in [-0.05, 0) is 37.5 Å². The molecule has 1 aliphatic rings. The fourth-order valence-electron chi connectivity index (χ4n) is 2.86. The van der Waals surface area contributed by atoms with Gasteiger partial charge in [0.15, 0.2) is 0 Å². The lowest BCUT2D eigenvalue weighted by Crippen LogP contribution is -2.36. The maximum absolute atomic E-state index is 12.1. The maximum atomic E-state index is 12.1. The summed E-state index contributed by atoms with van der Waals surface area (Å²) < 4.78 is 5.45. The van der Waals surface area contributed by atoms with Crippen molar-refractivity contribution in [3.8, 4) is 0 Å². The van der Waals surface area contributed by atoms with E-state index in [4.69, 9.17) is 4.74 Å². The molecule has 0 saturated carbocycles. The number of Topliss-reactive ketones (excluding diaryl/α,β-unsaturated/α-hetero) is 1. The number of hydrogen-bond acceptors (Lipinski definition) is 3. The highest BCUT2D eigenvalue weighted by Crippen LogP contribution is 2.31. The Bertz CT molecular complexity index is 509. The normalized spacial score (nSPS) is 21.9. The van der Waals surface area contributed by atoms with Crippen molar-refractivity contribution in [2.24, 2.45) is 5.92 Å². The van der Waals surface area contributed by atoms with Crippen molar-refractivity contribution in [3.05, 3.63) is 29.8 Å². The number of ether oxygens (including phenoxy) is 1. The average Bonchev–Trinajstić information content (AvgIpc) is 2.73. The van der Waals surface area contributed by atoms with Crippen LogP contribution in [0, 0.1) is 5.92 Å². The first-order chi connectivity index (χ1) is 10.0. The molecule has 1 saturated heterocycles. The van der Waals surface area contributed by atoms with Gasteiger partial charge in [0, 0.05) is 31.6 Å². The number of benzene rings is 1. The van der Waals surface area contributed by atoms with Gasteiger partial charge in [0.2, 0.25) is 5.91 Å². The number of carbonyl (C=O) groups is 2. The van der Waals surface area contributed by atoms with Crippen molar-refractivity contribution in [1.29, 1.82) is 0 Å². The molecule has 0 aromatic heterocycles. The van der Waals surface area contributed by atoms with E-state index in [1.165, 1.54) is 5.56 Å². The second-order valence-electron chi connectivity index (χ2n) is 5.79. The van der Waals surface area contributed by atoms with Crippen LogP contribution in [0.25, 0.3) is 0 Å². The molecule has 4 heteroatoms. The summed E-state index contributed by atoms with van der Waals surface area (Å²) in [6, 6.07) is 7.98. The molecule has 2 unspecified atom stereocenters. The summed E-state index contributed by atoms with van der Waals surface area (Å²) in [5.74, 6) is 0.544. The van der Waals surface area contributed by atoms with Gasteiger partial charge in [0.25, 0.3) is 0 Å². The Morgan fingerprint density at radius 1 is 1.33 bits per heavy atom. The lowest BCUT2D eigenvalue weighted by Gasteiger charge is -2.25. The van der Waals surface area contributed by atoms with Gasteiger partial charge in [-0.1, -0.05) is 19.1 Å². The zero-order valence-electron chi connectivity index (χ0n) is 13.0.